The van der Waals surface area contributed by atoms with Crippen LogP contribution in [0.3, 0.4) is 0 Å². The van der Waals surface area contributed by atoms with E-state index in [1.807, 2.05) is 0 Å². The van der Waals surface area contributed by atoms with E-state index < -0.39 is 0 Å². The van der Waals surface area contributed by atoms with Gasteiger partial charge in [0.05, 0.1) is 0 Å². The van der Waals surface area contributed by atoms with Gasteiger partial charge >= 0.3 is 0 Å². The van der Waals surface area contributed by atoms with E-state index in [0.29, 0.717) is 23.5 Å². The van der Waals surface area contributed by atoms with E-state index in [-0.39, 0.29) is 21.7 Å². The van der Waals surface area contributed by atoms with Gasteiger partial charge in [-0.25, -0.2) is 0 Å². The maximum absolute atomic E-state index is 5.97. The molecule has 2 aromatic rings. The molecule has 0 aliphatic heterocycles. The lowest BCUT2D eigenvalue weighted by Gasteiger charge is -2.30. The topological polar surface area (TPSA) is 77.8 Å². The van der Waals surface area contributed by atoms with Crippen LogP contribution in [0, 0.1) is 0 Å². The highest BCUT2D eigenvalue weighted by Gasteiger charge is 2.39. The van der Waals surface area contributed by atoms with Crippen LogP contribution in [0.25, 0.3) is 0 Å². The van der Waals surface area contributed by atoms with E-state index in [9.17, 15) is 0 Å². The lowest BCUT2D eigenvalue weighted by molar-refractivity contribution is 0.257. The summed E-state index contributed by atoms with van der Waals surface area (Å²) in [6, 6.07) is 0. The highest BCUT2D eigenvalue weighted by molar-refractivity contribution is 5.12. The molecule has 0 N–H and O–H groups in total. The standard InChI is InChI=1S/C19H32N4O2/c1-16(2,3)13-20-12(23-25-13)18(7,8)11-19(9,10)15-22-21-14(24-15)17(4,5)6/h11H2,1-10H3. The van der Waals surface area contributed by atoms with Gasteiger partial charge in [-0.3, -0.25) is 0 Å². The van der Waals surface area contributed by atoms with Gasteiger partial charge in [0.2, 0.25) is 17.7 Å². The molecule has 140 valence electrons. The summed E-state index contributed by atoms with van der Waals surface area (Å²) >= 11 is 0. The molecule has 0 fully saturated rings. The van der Waals surface area contributed by atoms with Crippen LogP contribution in [0.1, 0.15) is 99.2 Å². The fourth-order valence-electron chi connectivity index (χ4n) is 2.86. The van der Waals surface area contributed by atoms with Gasteiger partial charge in [0, 0.05) is 21.7 Å². The molecular formula is C19H32N4O2. The zero-order valence-electron chi connectivity index (χ0n) is 17.3. The van der Waals surface area contributed by atoms with E-state index in [2.05, 4.69) is 89.6 Å². The van der Waals surface area contributed by atoms with Crippen LogP contribution in [-0.2, 0) is 21.7 Å². The molecule has 0 unspecified atom stereocenters. The molecule has 2 rings (SSSR count). The molecule has 0 spiro atoms. The maximum Gasteiger partial charge on any atom is 0.232 e. The molecule has 6 heteroatoms. The van der Waals surface area contributed by atoms with Crippen molar-refractivity contribution in [1.82, 2.24) is 20.3 Å². The van der Waals surface area contributed by atoms with Gasteiger partial charge in [0.15, 0.2) is 5.82 Å². The first-order valence-corrected chi connectivity index (χ1v) is 8.82. The first-order valence-electron chi connectivity index (χ1n) is 8.82. The third-order valence-electron chi connectivity index (χ3n) is 4.20. The molecule has 0 aliphatic rings. The predicted molar refractivity (Wildman–Crippen MR) is 96.7 cm³/mol. The molecule has 0 saturated heterocycles. The van der Waals surface area contributed by atoms with E-state index in [0.717, 1.165) is 6.42 Å². The Morgan fingerprint density at radius 1 is 0.680 bits per heavy atom. The molecule has 0 amide bonds. The largest absolute Gasteiger partial charge is 0.424 e. The summed E-state index contributed by atoms with van der Waals surface area (Å²) in [7, 11) is 0. The van der Waals surface area contributed by atoms with Gasteiger partial charge in [-0.2, -0.15) is 4.98 Å². The molecule has 2 heterocycles. The zero-order valence-corrected chi connectivity index (χ0v) is 17.3. The van der Waals surface area contributed by atoms with Crippen LogP contribution in [0.4, 0.5) is 0 Å². The molecular weight excluding hydrogens is 316 g/mol. The summed E-state index contributed by atoms with van der Waals surface area (Å²) in [6.07, 6.45) is 0.759. The number of hydrogen-bond acceptors (Lipinski definition) is 6. The average molecular weight is 348 g/mol. The van der Waals surface area contributed by atoms with Gasteiger partial charge in [0.25, 0.3) is 0 Å². The van der Waals surface area contributed by atoms with Crippen molar-refractivity contribution in [1.29, 1.82) is 0 Å². The van der Waals surface area contributed by atoms with Crippen molar-refractivity contribution in [2.24, 2.45) is 0 Å². The molecule has 6 nitrogen and oxygen atoms in total. The Balaban J connectivity index is 2.26. The van der Waals surface area contributed by atoms with Crippen LogP contribution in [0.5, 0.6) is 0 Å². The first-order chi connectivity index (χ1) is 11.1. The van der Waals surface area contributed by atoms with Crippen molar-refractivity contribution in [3.8, 4) is 0 Å². The summed E-state index contributed by atoms with van der Waals surface area (Å²) in [4.78, 5) is 4.63. The average Bonchev–Trinajstić information content (AvgIpc) is 3.06. The lowest BCUT2D eigenvalue weighted by atomic mass is 9.74. The molecule has 2 aromatic heterocycles. The Morgan fingerprint density at radius 2 is 1.20 bits per heavy atom. The predicted octanol–water partition coefficient (Wildman–Crippen LogP) is 4.69. The lowest BCUT2D eigenvalue weighted by Crippen LogP contribution is -2.31. The maximum atomic E-state index is 5.97. The van der Waals surface area contributed by atoms with Crippen LogP contribution in [0.2, 0.25) is 0 Å². The Kier molecular flexibility index (Phi) is 4.64. The van der Waals surface area contributed by atoms with Crippen LogP contribution < -0.4 is 0 Å². The van der Waals surface area contributed by atoms with Gasteiger partial charge in [-0.05, 0) is 6.42 Å². The van der Waals surface area contributed by atoms with Crippen molar-refractivity contribution >= 4 is 0 Å². The summed E-state index contributed by atoms with van der Waals surface area (Å²) in [5.41, 5.74) is -0.910. The third-order valence-corrected chi connectivity index (χ3v) is 4.20. The summed E-state index contributed by atoms with van der Waals surface area (Å²) in [6.45, 7) is 20.8. The molecule has 0 bridgehead atoms. The Morgan fingerprint density at radius 3 is 1.64 bits per heavy atom. The highest BCUT2D eigenvalue weighted by Crippen LogP contribution is 2.38. The Bertz CT molecular complexity index is 665. The van der Waals surface area contributed by atoms with E-state index in [1.54, 1.807) is 0 Å². The van der Waals surface area contributed by atoms with E-state index >= 15 is 0 Å². The second-order valence-corrected chi connectivity index (χ2v) is 10.3. The minimum atomic E-state index is -0.303. The highest BCUT2D eigenvalue weighted by atomic mass is 16.5. The summed E-state index contributed by atoms with van der Waals surface area (Å²) < 4.78 is 11.4. The summed E-state index contributed by atoms with van der Waals surface area (Å²) in [5, 5.41) is 12.7. The minimum absolute atomic E-state index is 0.161. The van der Waals surface area contributed by atoms with Crippen LogP contribution in [0.15, 0.2) is 8.94 Å². The molecule has 0 aromatic carbocycles. The monoisotopic (exact) mass is 348 g/mol. The quantitative estimate of drug-likeness (QED) is 0.797. The van der Waals surface area contributed by atoms with Gasteiger partial charge < -0.3 is 8.94 Å². The second-order valence-electron chi connectivity index (χ2n) is 10.3. The van der Waals surface area contributed by atoms with Gasteiger partial charge in [-0.1, -0.05) is 74.4 Å². The molecule has 25 heavy (non-hydrogen) atoms. The van der Waals surface area contributed by atoms with Gasteiger partial charge in [0.1, 0.15) is 0 Å². The smallest absolute Gasteiger partial charge is 0.232 e. The molecule has 0 atom stereocenters. The third kappa shape index (κ3) is 4.28. The fraction of sp³-hybridized carbons (Fsp3) is 0.789. The Labute approximate surface area is 150 Å². The van der Waals surface area contributed by atoms with Crippen LogP contribution >= 0.6 is 0 Å². The molecule has 0 saturated carbocycles. The molecule has 0 radical (unpaired) electrons. The molecule has 0 aliphatic carbocycles. The van der Waals surface area contributed by atoms with E-state index in [4.69, 9.17) is 8.94 Å². The number of nitrogens with zero attached hydrogens (tertiary/aromatic N) is 4. The number of hydrogen-bond donors (Lipinski definition) is 0. The normalized spacial score (nSPS) is 14.2. The Hall–Kier alpha value is -1.72. The minimum Gasteiger partial charge on any atom is -0.424 e. The number of aromatic nitrogens is 4. The van der Waals surface area contributed by atoms with Crippen molar-refractivity contribution < 1.29 is 8.94 Å². The SMILES string of the molecule is CC(C)(C)c1nc(C(C)(C)CC(C)(C)c2nnc(C(C)(C)C)o2)no1. The number of rotatable bonds is 4. The van der Waals surface area contributed by atoms with Crippen molar-refractivity contribution in [3.63, 3.8) is 0 Å². The summed E-state index contributed by atoms with van der Waals surface area (Å²) in [5.74, 6) is 2.66. The van der Waals surface area contributed by atoms with Crippen molar-refractivity contribution in [2.75, 3.05) is 0 Å². The van der Waals surface area contributed by atoms with Gasteiger partial charge in [-0.15, -0.1) is 10.2 Å². The van der Waals surface area contributed by atoms with Crippen molar-refractivity contribution in [3.05, 3.63) is 23.5 Å². The second kappa shape index (κ2) is 5.92. The zero-order chi connectivity index (χ0) is 19.3. The van der Waals surface area contributed by atoms with Crippen LogP contribution in [-0.4, -0.2) is 20.3 Å². The fourth-order valence-corrected chi connectivity index (χ4v) is 2.86. The van der Waals surface area contributed by atoms with E-state index in [1.165, 1.54) is 0 Å². The first kappa shape index (κ1) is 19.6. The van der Waals surface area contributed by atoms with Crippen molar-refractivity contribution in [2.45, 2.75) is 97.3 Å².